The molecule has 1 aromatic rings. The number of nitrogens with one attached hydrogen (secondary N) is 1. The Kier molecular flexibility index (Phi) is 14.6. The van der Waals surface area contributed by atoms with E-state index in [0.717, 1.165) is 37.0 Å². The molecule has 0 aromatic carbocycles. The maximum Gasteiger partial charge on any atom is 0.291 e. The minimum Gasteiger partial charge on any atom is -0.310 e. The van der Waals surface area contributed by atoms with Gasteiger partial charge >= 0.3 is 0 Å². The highest BCUT2D eigenvalue weighted by molar-refractivity contribution is 7.96. The largest absolute Gasteiger partial charge is 0.310 e. The van der Waals surface area contributed by atoms with Gasteiger partial charge in [0, 0.05) is 17.8 Å². The van der Waals surface area contributed by atoms with E-state index >= 15 is 0 Å². The molecule has 6 nitrogen and oxygen atoms in total. The van der Waals surface area contributed by atoms with Gasteiger partial charge in [0.2, 0.25) is 0 Å². The summed E-state index contributed by atoms with van der Waals surface area (Å²) in [6.07, 6.45) is 23.1. The Hall–Kier alpha value is -1.03. The molecule has 0 saturated heterocycles. The Morgan fingerprint density at radius 2 is 1.51 bits per heavy atom. The van der Waals surface area contributed by atoms with Gasteiger partial charge in [0.1, 0.15) is 8.42 Å². The third kappa shape index (κ3) is 10.6. The summed E-state index contributed by atoms with van der Waals surface area (Å²) in [6.45, 7) is 6.57. The number of fused-ring (bicyclic) bond motifs is 1. The molecule has 9 heteroatoms. The molecule has 0 bridgehead atoms. The van der Waals surface area contributed by atoms with E-state index < -0.39 is 25.1 Å². The molecule has 1 aliphatic rings. The van der Waals surface area contributed by atoms with Crippen LogP contribution in [-0.2, 0) is 19.9 Å². The number of unbranched alkanes of at least 4 members (excludes halogenated alkanes) is 12. The van der Waals surface area contributed by atoms with E-state index in [-0.39, 0.29) is 14.5 Å². The highest BCUT2D eigenvalue weighted by Gasteiger charge is 2.39. The minimum atomic E-state index is -3.89. The average molecular weight is 573 g/mol. The fourth-order valence-electron chi connectivity index (χ4n) is 4.68. The predicted molar refractivity (Wildman–Crippen MR) is 157 cm³/mol. The van der Waals surface area contributed by atoms with Crippen LogP contribution in [0.1, 0.15) is 129 Å². The molecule has 1 aliphatic heterocycles. The van der Waals surface area contributed by atoms with Crippen LogP contribution >= 0.6 is 11.3 Å². The molecule has 0 radical (unpaired) electrons. The maximum atomic E-state index is 12.8. The summed E-state index contributed by atoms with van der Waals surface area (Å²) in [5.74, 6) is 0. The van der Waals surface area contributed by atoms with E-state index in [1.54, 1.807) is 6.92 Å². The van der Waals surface area contributed by atoms with Crippen LogP contribution in [0.15, 0.2) is 31.0 Å². The molecule has 2 rings (SSSR count). The second-order valence-corrected chi connectivity index (χ2v) is 15.6. The summed E-state index contributed by atoms with van der Waals surface area (Å²) in [4.78, 5) is 0. The standard InChI is InChI=1S/C28H48N2O4S3/c1-4-6-7-8-9-10-11-12-13-14-15-16-17-18-19-20-21-30-37(33,34)27-23-25-26(29-5-2)22-24(3)36(31,32)28(25)35-27/h12-13,21,23-24,26,29H,4-11,14-20,22H2,1-3H3/b13-12+,30-21?/t24-,26-/m0/s1. The summed E-state index contributed by atoms with van der Waals surface area (Å²) >= 11 is 0.837. The van der Waals surface area contributed by atoms with E-state index in [4.69, 9.17) is 0 Å². The van der Waals surface area contributed by atoms with Crippen LogP contribution in [0.2, 0.25) is 0 Å². The molecule has 212 valence electrons. The monoisotopic (exact) mass is 572 g/mol. The molecular weight excluding hydrogens is 525 g/mol. The Labute approximate surface area is 230 Å². The number of allylic oxidation sites excluding steroid dienone is 2. The molecule has 0 fully saturated rings. The molecule has 1 aromatic heterocycles. The van der Waals surface area contributed by atoms with Crippen molar-refractivity contribution >= 4 is 37.4 Å². The van der Waals surface area contributed by atoms with Crippen molar-refractivity contribution in [2.24, 2.45) is 4.40 Å². The lowest BCUT2D eigenvalue weighted by Crippen LogP contribution is -2.33. The normalized spacial score (nSPS) is 19.6. The van der Waals surface area contributed by atoms with Crippen molar-refractivity contribution in [2.75, 3.05) is 6.54 Å². The topological polar surface area (TPSA) is 92.7 Å². The van der Waals surface area contributed by atoms with Gasteiger partial charge < -0.3 is 5.32 Å². The quantitative estimate of drug-likeness (QED) is 0.104. The lowest BCUT2D eigenvalue weighted by molar-refractivity contribution is 0.477. The third-order valence-electron chi connectivity index (χ3n) is 6.95. The number of rotatable bonds is 19. The van der Waals surface area contributed by atoms with Gasteiger partial charge in [-0.3, -0.25) is 0 Å². The third-order valence-corrected chi connectivity index (χ3v) is 12.6. The molecule has 0 saturated carbocycles. The molecule has 2 heterocycles. The minimum absolute atomic E-state index is 0.0128. The van der Waals surface area contributed by atoms with Gasteiger partial charge in [0.25, 0.3) is 10.0 Å². The highest BCUT2D eigenvalue weighted by Crippen LogP contribution is 2.43. The zero-order valence-corrected chi connectivity index (χ0v) is 25.5. The molecule has 0 unspecified atom stereocenters. The lowest BCUT2D eigenvalue weighted by Gasteiger charge is -2.27. The van der Waals surface area contributed by atoms with E-state index in [0.29, 0.717) is 24.9 Å². The summed E-state index contributed by atoms with van der Waals surface area (Å²) in [7, 11) is -7.40. The first-order valence-electron chi connectivity index (χ1n) is 14.3. The van der Waals surface area contributed by atoms with Crippen LogP contribution in [-0.4, -0.2) is 34.8 Å². The summed E-state index contributed by atoms with van der Waals surface area (Å²) in [6, 6.07) is 1.35. The van der Waals surface area contributed by atoms with Gasteiger partial charge in [-0.1, -0.05) is 77.4 Å². The summed E-state index contributed by atoms with van der Waals surface area (Å²) in [5, 5.41) is 2.74. The lowest BCUT2D eigenvalue weighted by atomic mass is 10.1. The van der Waals surface area contributed by atoms with E-state index in [1.807, 2.05) is 6.92 Å². The van der Waals surface area contributed by atoms with Gasteiger partial charge in [0.15, 0.2) is 9.84 Å². The second-order valence-electron chi connectivity index (χ2n) is 10.1. The Morgan fingerprint density at radius 3 is 2.11 bits per heavy atom. The molecular formula is C28H48N2O4S3. The smallest absolute Gasteiger partial charge is 0.291 e. The molecule has 37 heavy (non-hydrogen) atoms. The van der Waals surface area contributed by atoms with Gasteiger partial charge in [-0.25, -0.2) is 8.42 Å². The number of nitrogens with zero attached hydrogens (tertiary/aromatic N) is 1. The zero-order valence-electron chi connectivity index (χ0n) is 23.1. The van der Waals surface area contributed by atoms with Crippen LogP contribution in [0, 0.1) is 0 Å². The van der Waals surface area contributed by atoms with Crippen molar-refractivity contribution in [1.29, 1.82) is 0 Å². The summed E-state index contributed by atoms with van der Waals surface area (Å²) in [5.41, 5.74) is 0.566. The first-order valence-corrected chi connectivity index (χ1v) is 18.1. The van der Waals surface area contributed by atoms with Crippen LogP contribution in [0.5, 0.6) is 0 Å². The second kappa shape index (κ2) is 16.8. The van der Waals surface area contributed by atoms with Crippen molar-refractivity contribution in [3.8, 4) is 0 Å². The molecule has 2 atom stereocenters. The predicted octanol–water partition coefficient (Wildman–Crippen LogP) is 7.76. The summed E-state index contributed by atoms with van der Waals surface area (Å²) < 4.78 is 55.1. The number of hydrogen-bond acceptors (Lipinski definition) is 6. The SMILES string of the molecule is CCCCCCCC/C=C/CCCCCCCC=NS(=O)(=O)c1cc2c(s1)S(=O)(=O)[C@@H](C)C[C@@H]2NCC. The van der Waals surface area contributed by atoms with Gasteiger partial charge in [-0.05, 0) is 64.5 Å². The maximum absolute atomic E-state index is 12.8. The van der Waals surface area contributed by atoms with Crippen molar-refractivity contribution in [2.45, 2.75) is 137 Å². The van der Waals surface area contributed by atoms with Crippen LogP contribution in [0.25, 0.3) is 0 Å². The number of thiophene rings is 1. The first kappa shape index (κ1) is 32.2. The average Bonchev–Trinajstić information content (AvgIpc) is 3.33. The number of sulfonamides is 1. The van der Waals surface area contributed by atoms with Crippen LogP contribution < -0.4 is 5.32 Å². The molecule has 0 spiro atoms. The molecule has 0 aliphatic carbocycles. The zero-order chi connectivity index (χ0) is 27.2. The van der Waals surface area contributed by atoms with Crippen molar-refractivity contribution in [1.82, 2.24) is 5.32 Å². The van der Waals surface area contributed by atoms with E-state index in [9.17, 15) is 16.8 Å². The van der Waals surface area contributed by atoms with Crippen molar-refractivity contribution in [3.63, 3.8) is 0 Å². The van der Waals surface area contributed by atoms with E-state index in [2.05, 4.69) is 28.8 Å². The van der Waals surface area contributed by atoms with Gasteiger partial charge in [-0.2, -0.15) is 12.8 Å². The van der Waals surface area contributed by atoms with Gasteiger partial charge in [-0.15, -0.1) is 11.3 Å². The van der Waals surface area contributed by atoms with Crippen LogP contribution in [0.4, 0.5) is 0 Å². The number of hydrogen-bond donors (Lipinski definition) is 1. The molecule has 1 N–H and O–H groups in total. The van der Waals surface area contributed by atoms with Crippen molar-refractivity contribution < 1.29 is 16.8 Å². The Bertz CT molecular complexity index is 1060. The van der Waals surface area contributed by atoms with Gasteiger partial charge in [0.05, 0.1) is 5.25 Å². The van der Waals surface area contributed by atoms with Crippen molar-refractivity contribution in [3.05, 3.63) is 23.8 Å². The fourth-order valence-corrected chi connectivity index (χ4v) is 9.57. The number of sulfone groups is 1. The van der Waals surface area contributed by atoms with Crippen LogP contribution in [0.3, 0.4) is 0 Å². The molecule has 0 amide bonds. The fraction of sp³-hybridized carbons (Fsp3) is 0.750. The Morgan fingerprint density at radius 1 is 0.946 bits per heavy atom. The van der Waals surface area contributed by atoms with E-state index in [1.165, 1.54) is 70.1 Å². The highest BCUT2D eigenvalue weighted by atomic mass is 32.3. The first-order chi connectivity index (χ1) is 17.7. The Balaban J connectivity index is 1.67.